The van der Waals surface area contributed by atoms with Crippen LogP contribution in [0.5, 0.6) is 0 Å². The van der Waals surface area contributed by atoms with E-state index in [4.69, 9.17) is 0 Å². The highest BCUT2D eigenvalue weighted by Crippen LogP contribution is 2.21. The summed E-state index contributed by atoms with van der Waals surface area (Å²) in [5, 5.41) is 10.8. The molecule has 0 unspecified atom stereocenters. The van der Waals surface area contributed by atoms with E-state index in [9.17, 15) is 19.3 Å². The Balaban J connectivity index is 2.29. The van der Waals surface area contributed by atoms with E-state index in [1.165, 1.54) is 0 Å². The second-order valence-corrected chi connectivity index (χ2v) is 4.35. The lowest BCUT2D eigenvalue weighted by Crippen LogP contribution is -2.08. The molecule has 102 valence electrons. The van der Waals surface area contributed by atoms with Crippen LogP contribution >= 0.6 is 0 Å². The summed E-state index contributed by atoms with van der Waals surface area (Å²) in [6, 6.07) is 6.39. The van der Waals surface area contributed by atoms with Crippen molar-refractivity contribution in [2.75, 3.05) is 0 Å². The van der Waals surface area contributed by atoms with Crippen molar-refractivity contribution >= 4 is 11.5 Å². The van der Waals surface area contributed by atoms with E-state index in [-0.39, 0.29) is 12.0 Å². The van der Waals surface area contributed by atoms with Crippen LogP contribution in [0.15, 0.2) is 36.5 Å². The number of nitro groups is 1. The number of carbonyl (C=O) groups is 1. The lowest BCUT2D eigenvalue weighted by atomic mass is 10.0. The third kappa shape index (κ3) is 3.03. The minimum atomic E-state index is -0.765. The minimum absolute atomic E-state index is 0.0627. The molecule has 0 aliphatic carbocycles. The number of carbonyl (C=O) groups excluding carboxylic acids is 1. The summed E-state index contributed by atoms with van der Waals surface area (Å²) in [7, 11) is 0. The summed E-state index contributed by atoms with van der Waals surface area (Å²) in [4.78, 5) is 26.2. The Morgan fingerprint density at radius 3 is 2.70 bits per heavy atom. The van der Waals surface area contributed by atoms with Gasteiger partial charge in [-0.1, -0.05) is 6.07 Å². The normalized spacial score (nSPS) is 10.3. The first kappa shape index (κ1) is 13.8. The molecule has 1 aromatic carbocycles. The molecule has 0 aliphatic rings. The van der Waals surface area contributed by atoms with Crippen LogP contribution in [-0.4, -0.2) is 15.7 Å². The van der Waals surface area contributed by atoms with Crippen molar-refractivity contribution in [1.29, 1.82) is 0 Å². The van der Waals surface area contributed by atoms with E-state index < -0.39 is 22.2 Å². The molecule has 0 spiro atoms. The largest absolute Gasteiger partial charge is 0.293 e. The summed E-state index contributed by atoms with van der Waals surface area (Å²) in [6.45, 7) is 1.86. The zero-order valence-corrected chi connectivity index (χ0v) is 10.7. The number of Topliss-reactive ketones (excluding diaryl/α,β-unsaturated/α-hetero) is 1. The van der Waals surface area contributed by atoms with Gasteiger partial charge in [0.1, 0.15) is 5.82 Å². The molecule has 0 saturated carbocycles. The number of pyridine rings is 1. The van der Waals surface area contributed by atoms with Crippen molar-refractivity contribution < 1.29 is 14.1 Å². The number of hydrogen-bond donors (Lipinski definition) is 0. The number of aromatic nitrogens is 1. The third-order valence-corrected chi connectivity index (χ3v) is 2.77. The first-order chi connectivity index (χ1) is 9.47. The summed E-state index contributed by atoms with van der Waals surface area (Å²) in [6.07, 6.45) is 1.55. The molecule has 0 fully saturated rings. The van der Waals surface area contributed by atoms with Crippen LogP contribution in [0.3, 0.4) is 0 Å². The van der Waals surface area contributed by atoms with Gasteiger partial charge in [0.05, 0.1) is 23.0 Å². The fourth-order valence-corrected chi connectivity index (χ4v) is 1.75. The SMILES string of the molecule is Cc1ccc(CC(=O)c2ccc(F)cc2[N+](=O)[O-])nc1. The van der Waals surface area contributed by atoms with Crippen molar-refractivity contribution in [2.24, 2.45) is 0 Å². The van der Waals surface area contributed by atoms with E-state index in [1.807, 2.05) is 6.92 Å². The fourth-order valence-electron chi connectivity index (χ4n) is 1.75. The Morgan fingerprint density at radius 1 is 1.35 bits per heavy atom. The molecule has 0 radical (unpaired) electrons. The van der Waals surface area contributed by atoms with E-state index in [1.54, 1.807) is 18.3 Å². The maximum absolute atomic E-state index is 13.0. The number of nitro benzene ring substituents is 1. The van der Waals surface area contributed by atoms with Gasteiger partial charge in [0.2, 0.25) is 0 Å². The Labute approximate surface area is 114 Å². The molecule has 0 bridgehead atoms. The number of aryl methyl sites for hydroxylation is 1. The number of ketones is 1. The Kier molecular flexibility index (Phi) is 3.84. The van der Waals surface area contributed by atoms with Crippen LogP contribution in [0, 0.1) is 22.9 Å². The number of nitrogens with zero attached hydrogens (tertiary/aromatic N) is 2. The number of halogens is 1. The Hall–Kier alpha value is -2.63. The predicted octanol–water partition coefficient (Wildman–Crippen LogP) is 2.86. The standard InChI is InChI=1S/C14H11FN2O3/c1-9-2-4-11(16-8-9)7-14(18)12-5-3-10(15)6-13(12)17(19)20/h2-6,8H,7H2,1H3. The van der Waals surface area contributed by atoms with Crippen LogP contribution < -0.4 is 0 Å². The highest BCUT2D eigenvalue weighted by Gasteiger charge is 2.21. The van der Waals surface area contributed by atoms with Gasteiger partial charge in [-0.2, -0.15) is 0 Å². The van der Waals surface area contributed by atoms with Gasteiger partial charge in [-0.3, -0.25) is 19.9 Å². The van der Waals surface area contributed by atoms with E-state index in [0.717, 1.165) is 23.8 Å². The van der Waals surface area contributed by atoms with Crippen molar-refractivity contribution in [3.63, 3.8) is 0 Å². The van der Waals surface area contributed by atoms with Gasteiger partial charge >= 0.3 is 0 Å². The molecule has 1 heterocycles. The number of hydrogen-bond acceptors (Lipinski definition) is 4. The smallest absolute Gasteiger partial charge is 0.283 e. The van der Waals surface area contributed by atoms with Crippen LogP contribution in [0.2, 0.25) is 0 Å². The summed E-state index contributed by atoms with van der Waals surface area (Å²) >= 11 is 0. The highest BCUT2D eigenvalue weighted by atomic mass is 19.1. The quantitative estimate of drug-likeness (QED) is 0.488. The molecule has 0 saturated heterocycles. The fraction of sp³-hybridized carbons (Fsp3) is 0.143. The van der Waals surface area contributed by atoms with Gasteiger partial charge in [-0.25, -0.2) is 4.39 Å². The number of benzene rings is 1. The van der Waals surface area contributed by atoms with Crippen LogP contribution in [0.4, 0.5) is 10.1 Å². The molecule has 0 N–H and O–H groups in total. The maximum atomic E-state index is 13.0. The zero-order chi connectivity index (χ0) is 14.7. The molecule has 0 atom stereocenters. The monoisotopic (exact) mass is 274 g/mol. The van der Waals surface area contributed by atoms with Gasteiger partial charge in [0, 0.05) is 11.9 Å². The average molecular weight is 274 g/mol. The first-order valence-corrected chi connectivity index (χ1v) is 5.86. The molecule has 1 aromatic heterocycles. The van der Waals surface area contributed by atoms with Gasteiger partial charge in [0.25, 0.3) is 5.69 Å². The van der Waals surface area contributed by atoms with Crippen molar-refractivity contribution in [3.05, 3.63) is 69.3 Å². The first-order valence-electron chi connectivity index (χ1n) is 5.86. The molecule has 2 aromatic rings. The van der Waals surface area contributed by atoms with Crippen LogP contribution in [-0.2, 0) is 6.42 Å². The van der Waals surface area contributed by atoms with Gasteiger partial charge in [-0.05, 0) is 30.7 Å². The molecular weight excluding hydrogens is 263 g/mol. The topological polar surface area (TPSA) is 73.1 Å². The second kappa shape index (κ2) is 5.56. The van der Waals surface area contributed by atoms with Gasteiger partial charge < -0.3 is 0 Å². The van der Waals surface area contributed by atoms with Crippen LogP contribution in [0.1, 0.15) is 21.6 Å². The molecule has 2 rings (SSSR count). The number of rotatable bonds is 4. The molecule has 6 heteroatoms. The predicted molar refractivity (Wildman–Crippen MR) is 70.1 cm³/mol. The third-order valence-electron chi connectivity index (χ3n) is 2.77. The lowest BCUT2D eigenvalue weighted by molar-refractivity contribution is -0.385. The Morgan fingerprint density at radius 2 is 2.10 bits per heavy atom. The highest BCUT2D eigenvalue weighted by molar-refractivity contribution is 6.00. The summed E-state index contributed by atoms with van der Waals surface area (Å²) < 4.78 is 13.0. The average Bonchev–Trinajstić information content (AvgIpc) is 2.41. The molecular formula is C14H11FN2O3. The van der Waals surface area contributed by atoms with Crippen LogP contribution in [0.25, 0.3) is 0 Å². The summed E-state index contributed by atoms with van der Waals surface area (Å²) in [5.41, 5.74) is 0.828. The van der Waals surface area contributed by atoms with Gasteiger partial charge in [0.15, 0.2) is 5.78 Å². The van der Waals surface area contributed by atoms with E-state index in [0.29, 0.717) is 5.69 Å². The summed E-state index contributed by atoms with van der Waals surface area (Å²) in [5.74, 6) is -1.21. The Bertz CT molecular complexity index is 669. The zero-order valence-electron chi connectivity index (χ0n) is 10.7. The van der Waals surface area contributed by atoms with Crippen molar-refractivity contribution in [3.8, 4) is 0 Å². The van der Waals surface area contributed by atoms with Crippen molar-refractivity contribution in [1.82, 2.24) is 4.98 Å². The molecule has 0 aliphatic heterocycles. The lowest BCUT2D eigenvalue weighted by Gasteiger charge is -2.03. The maximum Gasteiger partial charge on any atom is 0.283 e. The van der Waals surface area contributed by atoms with E-state index in [2.05, 4.69) is 4.98 Å². The van der Waals surface area contributed by atoms with E-state index >= 15 is 0 Å². The second-order valence-electron chi connectivity index (χ2n) is 4.35. The van der Waals surface area contributed by atoms with Gasteiger partial charge in [-0.15, -0.1) is 0 Å². The minimum Gasteiger partial charge on any atom is -0.293 e. The molecule has 0 amide bonds. The molecule has 5 nitrogen and oxygen atoms in total. The van der Waals surface area contributed by atoms with Crippen molar-refractivity contribution in [2.45, 2.75) is 13.3 Å². The molecule has 20 heavy (non-hydrogen) atoms.